The molecule has 33 heavy (non-hydrogen) atoms. The standard InChI is InChI=1S/C22H23N5O6/c23-19(24)13-1-3-14(4-2-13)25-20(29)17(28)18-21(30)26(9-11-32-18)15-5-7-16(8-6-15)27-10-12-33-22(27)31/h1-8,17-18,28H,9-12H2,(H3,23,24)(H,25,29)/t17-,18?/m1/s1. The first-order valence-electron chi connectivity index (χ1n) is 10.3. The summed E-state index contributed by atoms with van der Waals surface area (Å²) in [4.78, 5) is 40.1. The summed E-state index contributed by atoms with van der Waals surface area (Å²) >= 11 is 0. The SMILES string of the molecule is N=C(N)c1ccc(NC(=O)[C@H](O)C2OCCN(c3ccc(N4CCOC4=O)cc3)C2=O)cc1. The van der Waals surface area contributed by atoms with E-state index in [9.17, 15) is 19.5 Å². The molecule has 1 unspecified atom stereocenters. The van der Waals surface area contributed by atoms with Crippen LogP contribution in [0.15, 0.2) is 48.5 Å². The van der Waals surface area contributed by atoms with Crippen molar-refractivity contribution in [3.63, 3.8) is 0 Å². The summed E-state index contributed by atoms with van der Waals surface area (Å²) in [6, 6.07) is 13.0. The molecule has 0 saturated carbocycles. The molecule has 0 bridgehead atoms. The average molecular weight is 453 g/mol. The number of morpholine rings is 1. The molecule has 2 heterocycles. The summed E-state index contributed by atoms with van der Waals surface area (Å²) in [5.41, 5.74) is 7.47. The molecule has 2 aromatic carbocycles. The lowest BCUT2D eigenvalue weighted by Gasteiger charge is -2.34. The molecule has 0 aromatic heterocycles. The number of amides is 3. The summed E-state index contributed by atoms with van der Waals surface area (Å²) in [6.45, 7) is 1.16. The lowest BCUT2D eigenvalue weighted by Crippen LogP contribution is -2.55. The molecule has 2 fully saturated rings. The number of nitrogen functional groups attached to an aromatic ring is 1. The number of nitrogens with zero attached hydrogens (tertiary/aromatic N) is 2. The predicted octanol–water partition coefficient (Wildman–Crippen LogP) is 0.659. The van der Waals surface area contributed by atoms with Crippen molar-refractivity contribution in [1.82, 2.24) is 0 Å². The minimum Gasteiger partial charge on any atom is -0.447 e. The minimum absolute atomic E-state index is 0.109. The van der Waals surface area contributed by atoms with Crippen molar-refractivity contribution in [2.24, 2.45) is 5.73 Å². The van der Waals surface area contributed by atoms with Crippen molar-refractivity contribution in [3.05, 3.63) is 54.1 Å². The van der Waals surface area contributed by atoms with Gasteiger partial charge in [-0.1, -0.05) is 0 Å². The zero-order chi connectivity index (χ0) is 23.5. The van der Waals surface area contributed by atoms with Gasteiger partial charge in [0.2, 0.25) is 0 Å². The Morgan fingerprint density at radius 1 is 1.03 bits per heavy atom. The largest absolute Gasteiger partial charge is 0.447 e. The molecule has 0 spiro atoms. The minimum atomic E-state index is -1.73. The predicted molar refractivity (Wildman–Crippen MR) is 119 cm³/mol. The number of rotatable bonds is 6. The van der Waals surface area contributed by atoms with Crippen molar-refractivity contribution in [1.29, 1.82) is 5.41 Å². The number of nitrogens with one attached hydrogen (secondary N) is 2. The molecule has 0 aliphatic carbocycles. The van der Waals surface area contributed by atoms with Crippen LogP contribution in [0.4, 0.5) is 21.9 Å². The average Bonchev–Trinajstić information content (AvgIpc) is 3.25. The third-order valence-corrected chi connectivity index (χ3v) is 5.37. The van der Waals surface area contributed by atoms with Crippen LogP contribution in [-0.4, -0.2) is 67.4 Å². The van der Waals surface area contributed by atoms with E-state index in [2.05, 4.69) is 5.32 Å². The molecule has 0 radical (unpaired) electrons. The molecule has 2 aromatic rings. The van der Waals surface area contributed by atoms with Gasteiger partial charge in [0.15, 0.2) is 12.2 Å². The van der Waals surface area contributed by atoms with Crippen LogP contribution in [0.3, 0.4) is 0 Å². The van der Waals surface area contributed by atoms with Gasteiger partial charge in [-0.3, -0.25) is 19.9 Å². The summed E-state index contributed by atoms with van der Waals surface area (Å²) in [5, 5.41) is 20.4. The summed E-state index contributed by atoms with van der Waals surface area (Å²) in [6.07, 6.45) is -3.52. The Bertz CT molecular complexity index is 1070. The Kier molecular flexibility index (Phi) is 6.24. The van der Waals surface area contributed by atoms with Crippen molar-refractivity contribution in [3.8, 4) is 0 Å². The van der Waals surface area contributed by atoms with Crippen LogP contribution in [0.1, 0.15) is 5.56 Å². The molecule has 11 heteroatoms. The molecule has 2 aliphatic heterocycles. The van der Waals surface area contributed by atoms with Gasteiger partial charge in [-0.2, -0.15) is 0 Å². The first-order chi connectivity index (χ1) is 15.8. The molecule has 3 amide bonds. The fourth-order valence-electron chi connectivity index (χ4n) is 3.62. The van der Waals surface area contributed by atoms with E-state index >= 15 is 0 Å². The molecule has 4 rings (SSSR count). The number of cyclic esters (lactones) is 1. The topological polar surface area (TPSA) is 158 Å². The van der Waals surface area contributed by atoms with Gasteiger partial charge in [-0.15, -0.1) is 0 Å². The van der Waals surface area contributed by atoms with E-state index in [4.69, 9.17) is 20.6 Å². The maximum Gasteiger partial charge on any atom is 0.414 e. The maximum absolute atomic E-state index is 13.0. The number of anilines is 3. The molecule has 5 N–H and O–H groups in total. The number of hydrogen-bond donors (Lipinski definition) is 4. The highest BCUT2D eigenvalue weighted by molar-refractivity contribution is 6.04. The second-order valence-corrected chi connectivity index (χ2v) is 7.49. The quantitative estimate of drug-likeness (QED) is 0.369. The number of carbonyl (C=O) groups excluding carboxylic acids is 3. The fraction of sp³-hybridized carbons (Fsp3) is 0.273. The van der Waals surface area contributed by atoms with E-state index in [-0.39, 0.29) is 19.0 Å². The third-order valence-electron chi connectivity index (χ3n) is 5.37. The molecular formula is C22H23N5O6. The summed E-state index contributed by atoms with van der Waals surface area (Å²) in [7, 11) is 0. The van der Waals surface area contributed by atoms with Gasteiger partial charge in [0, 0.05) is 29.2 Å². The number of amidine groups is 1. The van der Waals surface area contributed by atoms with Gasteiger partial charge in [-0.05, 0) is 48.5 Å². The molecule has 172 valence electrons. The Labute approximate surface area is 189 Å². The van der Waals surface area contributed by atoms with Crippen LogP contribution < -0.4 is 20.9 Å². The van der Waals surface area contributed by atoms with E-state index in [1.54, 1.807) is 36.4 Å². The van der Waals surface area contributed by atoms with Gasteiger partial charge in [0.05, 0.1) is 13.2 Å². The lowest BCUT2D eigenvalue weighted by molar-refractivity contribution is -0.150. The van der Waals surface area contributed by atoms with E-state index in [1.165, 1.54) is 21.9 Å². The smallest absolute Gasteiger partial charge is 0.414 e. The van der Waals surface area contributed by atoms with Gasteiger partial charge in [0.1, 0.15) is 12.4 Å². The van der Waals surface area contributed by atoms with Gasteiger partial charge in [-0.25, -0.2) is 4.79 Å². The van der Waals surface area contributed by atoms with E-state index in [0.29, 0.717) is 35.8 Å². The van der Waals surface area contributed by atoms with Gasteiger partial charge >= 0.3 is 6.09 Å². The second-order valence-electron chi connectivity index (χ2n) is 7.49. The lowest BCUT2D eigenvalue weighted by atomic mass is 10.1. The number of benzene rings is 2. The highest BCUT2D eigenvalue weighted by Gasteiger charge is 2.39. The van der Waals surface area contributed by atoms with Crippen LogP contribution in [0.2, 0.25) is 0 Å². The van der Waals surface area contributed by atoms with E-state index in [0.717, 1.165) is 0 Å². The molecule has 2 aliphatic rings. The number of aliphatic hydroxyl groups is 1. The van der Waals surface area contributed by atoms with Crippen molar-refractivity contribution in [2.75, 3.05) is 41.4 Å². The maximum atomic E-state index is 13.0. The van der Waals surface area contributed by atoms with Crippen LogP contribution in [-0.2, 0) is 19.1 Å². The zero-order valence-electron chi connectivity index (χ0n) is 17.6. The first-order valence-corrected chi connectivity index (χ1v) is 10.3. The van der Waals surface area contributed by atoms with Crippen molar-refractivity contribution >= 4 is 40.8 Å². The summed E-state index contributed by atoms with van der Waals surface area (Å²) in [5.74, 6) is -1.46. The summed E-state index contributed by atoms with van der Waals surface area (Å²) < 4.78 is 10.3. The Morgan fingerprint density at radius 3 is 2.21 bits per heavy atom. The molecule has 11 nitrogen and oxygen atoms in total. The monoisotopic (exact) mass is 453 g/mol. The normalized spacial score (nSPS) is 19.2. The van der Waals surface area contributed by atoms with Crippen LogP contribution >= 0.6 is 0 Å². The third kappa shape index (κ3) is 4.64. The number of hydrogen-bond acceptors (Lipinski definition) is 7. The van der Waals surface area contributed by atoms with Crippen LogP contribution in [0.25, 0.3) is 0 Å². The number of aliphatic hydroxyl groups excluding tert-OH is 1. The molecule has 2 atom stereocenters. The van der Waals surface area contributed by atoms with E-state index < -0.39 is 30.1 Å². The van der Waals surface area contributed by atoms with Crippen molar-refractivity contribution in [2.45, 2.75) is 12.2 Å². The Balaban J connectivity index is 1.42. The van der Waals surface area contributed by atoms with Crippen LogP contribution in [0, 0.1) is 5.41 Å². The van der Waals surface area contributed by atoms with Gasteiger partial charge < -0.3 is 30.5 Å². The van der Waals surface area contributed by atoms with Gasteiger partial charge in [0.25, 0.3) is 11.8 Å². The molecule has 2 saturated heterocycles. The van der Waals surface area contributed by atoms with E-state index in [1.807, 2.05) is 0 Å². The number of carbonyl (C=O) groups is 3. The Hall–Kier alpha value is -3.96. The zero-order valence-corrected chi connectivity index (χ0v) is 17.6. The second kappa shape index (κ2) is 9.27. The first kappa shape index (κ1) is 22.2. The number of ether oxygens (including phenoxy) is 2. The number of nitrogens with two attached hydrogens (primary N) is 1. The highest BCUT2D eigenvalue weighted by atomic mass is 16.6. The Morgan fingerprint density at radius 2 is 1.64 bits per heavy atom. The van der Waals surface area contributed by atoms with Crippen LogP contribution in [0.5, 0.6) is 0 Å². The van der Waals surface area contributed by atoms with Crippen molar-refractivity contribution < 1.29 is 29.0 Å². The highest BCUT2D eigenvalue weighted by Crippen LogP contribution is 2.26. The molecular weight excluding hydrogens is 430 g/mol. The fourth-order valence-corrected chi connectivity index (χ4v) is 3.62.